The summed E-state index contributed by atoms with van der Waals surface area (Å²) in [6.07, 6.45) is 2.69. The van der Waals surface area contributed by atoms with Gasteiger partial charge in [-0.15, -0.1) is 0 Å². The summed E-state index contributed by atoms with van der Waals surface area (Å²) in [6, 6.07) is 4.88. The van der Waals surface area contributed by atoms with Gasteiger partial charge in [0.05, 0.1) is 81.0 Å². The second-order valence-electron chi connectivity index (χ2n) is 21.3. The summed E-state index contributed by atoms with van der Waals surface area (Å²) in [7, 11) is -3.36. The van der Waals surface area contributed by atoms with Gasteiger partial charge < -0.3 is 59.3 Å². The van der Waals surface area contributed by atoms with E-state index in [2.05, 4.69) is 35.6 Å². The van der Waals surface area contributed by atoms with Gasteiger partial charge in [-0.25, -0.2) is 27.8 Å². The van der Waals surface area contributed by atoms with Crippen LogP contribution in [0.25, 0.3) is 11.3 Å². The number of carbonyl (C=O) groups is 6. The molecule has 3 aromatic rings. The van der Waals surface area contributed by atoms with E-state index in [-0.39, 0.29) is 107 Å². The molecule has 436 valence electrons. The second-order valence-corrected chi connectivity index (χ2v) is 23.7. The molecule has 22 nitrogen and oxygen atoms in total. The molecule has 79 heavy (non-hydrogen) atoms. The number of carbonyl (C=O) groups excluding carboxylic acids is 6. The minimum atomic E-state index is -3.36. The Hall–Kier alpha value is -6.57. The topological polar surface area (TPSA) is 274 Å². The highest BCUT2D eigenvalue weighted by Crippen LogP contribution is 2.33. The molecule has 2 aromatic carbocycles. The van der Waals surface area contributed by atoms with E-state index in [9.17, 15) is 37.4 Å². The van der Waals surface area contributed by atoms with Crippen LogP contribution in [0.1, 0.15) is 99.5 Å². The molecule has 1 fully saturated rings. The molecular weight excluding hydrogens is 1050 g/mol. The number of nitrogens with one attached hydrogen (secondary N) is 4. The van der Waals surface area contributed by atoms with E-state index in [0.717, 1.165) is 12.3 Å². The van der Waals surface area contributed by atoms with E-state index in [0.29, 0.717) is 36.3 Å². The maximum atomic E-state index is 15.2. The SMILES string of the molecule is CC(C)[C@H](NC(=O)[C@@H]1CCCN1C(=O)[C@H](CC(=O)OC(C)(C)C)NC(=O)CCOCCOCCOCCNC(=O)OC(C)(C)C)C(=O)N=[S@](C)(=O)Cc1cc2cc(c1)OCCCCOc1cc(F)ccc1-c1nc(ncc1F)N2. The Bertz CT molecular complexity index is 2730. The second kappa shape index (κ2) is 29.6. The summed E-state index contributed by atoms with van der Waals surface area (Å²) in [5.74, 6) is -5.26. The first-order valence-corrected chi connectivity index (χ1v) is 28.4. The number of benzene rings is 2. The van der Waals surface area contributed by atoms with Crippen LogP contribution in [0.4, 0.5) is 25.2 Å². The average molecular weight is 1130 g/mol. The smallest absolute Gasteiger partial charge is 0.407 e. The molecule has 2 aliphatic rings. The van der Waals surface area contributed by atoms with Crippen molar-refractivity contribution >= 4 is 57.1 Å². The number of likely N-dealkylation sites (tertiary alicyclic amines) is 1. The van der Waals surface area contributed by atoms with Gasteiger partial charge in [-0.2, -0.15) is 4.36 Å². The lowest BCUT2D eigenvalue weighted by Gasteiger charge is -2.30. The fourth-order valence-electron chi connectivity index (χ4n) is 8.15. The van der Waals surface area contributed by atoms with Gasteiger partial charge in [0.15, 0.2) is 5.82 Å². The number of nitrogens with zero attached hydrogens (tertiary/aromatic N) is 4. The van der Waals surface area contributed by atoms with Crippen molar-refractivity contribution in [1.29, 1.82) is 0 Å². The number of hydrogen-bond donors (Lipinski definition) is 4. The van der Waals surface area contributed by atoms with Gasteiger partial charge in [0.2, 0.25) is 23.7 Å². The molecule has 5 amide bonds. The van der Waals surface area contributed by atoms with Crippen LogP contribution in [-0.2, 0) is 63.1 Å². The maximum Gasteiger partial charge on any atom is 0.407 e. The van der Waals surface area contributed by atoms with Crippen molar-refractivity contribution < 1.29 is 74.9 Å². The Morgan fingerprint density at radius 2 is 1.53 bits per heavy atom. The normalized spacial score (nSPS) is 16.2. The predicted molar refractivity (Wildman–Crippen MR) is 288 cm³/mol. The molecule has 25 heteroatoms. The number of fused-ring (bicyclic) bond motifs is 6. The largest absolute Gasteiger partial charge is 0.494 e. The maximum absolute atomic E-state index is 15.2. The fourth-order valence-corrected chi connectivity index (χ4v) is 9.49. The summed E-state index contributed by atoms with van der Waals surface area (Å²) in [5.41, 5.74) is -0.590. The minimum absolute atomic E-state index is 0.0209. The van der Waals surface area contributed by atoms with Gasteiger partial charge in [-0.3, -0.25) is 24.0 Å². The molecule has 4 atom stereocenters. The van der Waals surface area contributed by atoms with Crippen LogP contribution in [0.2, 0.25) is 0 Å². The zero-order valence-electron chi connectivity index (χ0n) is 46.5. The van der Waals surface area contributed by atoms with E-state index >= 15 is 4.39 Å². The van der Waals surface area contributed by atoms with Gasteiger partial charge in [-0.05, 0) is 103 Å². The van der Waals surface area contributed by atoms with Gasteiger partial charge in [-0.1, -0.05) is 13.8 Å². The molecule has 0 unspecified atom stereocenters. The number of hydrogen-bond acceptors (Lipinski definition) is 17. The fraction of sp³-hybridized carbons (Fsp3) is 0.593. The standard InChI is InChI=1S/C54H76F2N8O14S/c1-34(2)46(49(68)63-79(9,71)33-35-27-37-30-38(28-35)75-19-10-11-20-76-43-29-36(55)14-15-39(43)47-40(56)32-58-51(59-37)62-47)61-48(67)42-13-12-18-64(42)50(69)41(31-45(66)77-53(3,4)5)60-44(65)16-21-72-23-25-74-26-24-73-22-17-57-52(70)78-54(6,7)8/h14-15,27-30,32,34,41-42,46H,10-13,16-26,31,33H2,1-9H3,(H,57,70)(H,60,65)(H,61,67)(H,58,59,62)/t41-,42-,46-,79+/m0/s1. The van der Waals surface area contributed by atoms with E-state index in [1.54, 1.807) is 73.6 Å². The van der Waals surface area contributed by atoms with Crippen molar-refractivity contribution in [3.63, 3.8) is 0 Å². The predicted octanol–water partition coefficient (Wildman–Crippen LogP) is 6.15. The number of amides is 5. The Labute approximate surface area is 460 Å². The minimum Gasteiger partial charge on any atom is -0.494 e. The zero-order valence-corrected chi connectivity index (χ0v) is 47.4. The number of halogens is 2. The lowest BCUT2D eigenvalue weighted by Crippen LogP contribution is -2.56. The molecule has 2 aliphatic heterocycles. The first-order valence-electron chi connectivity index (χ1n) is 26.3. The number of ether oxygens (including phenoxy) is 7. The van der Waals surface area contributed by atoms with Crippen LogP contribution in [0, 0.1) is 17.6 Å². The Balaban J connectivity index is 1.19. The highest BCUT2D eigenvalue weighted by Gasteiger charge is 2.40. The third-order valence-corrected chi connectivity index (χ3v) is 13.0. The Kier molecular flexibility index (Phi) is 23.7. The molecule has 1 saturated heterocycles. The monoisotopic (exact) mass is 1130 g/mol. The zero-order chi connectivity index (χ0) is 57.9. The number of rotatable bonds is 22. The lowest BCUT2D eigenvalue weighted by molar-refractivity contribution is -0.157. The van der Waals surface area contributed by atoms with Crippen LogP contribution < -0.4 is 30.7 Å². The summed E-state index contributed by atoms with van der Waals surface area (Å²) >= 11 is 0. The van der Waals surface area contributed by atoms with E-state index < -0.39 is 98.7 Å². The van der Waals surface area contributed by atoms with Gasteiger partial charge in [0, 0.05) is 49.1 Å². The number of alkyl carbamates (subject to hydrolysis) is 1. The van der Waals surface area contributed by atoms with Gasteiger partial charge in [0.25, 0.3) is 5.91 Å². The van der Waals surface area contributed by atoms with E-state index in [1.807, 2.05) is 0 Å². The van der Waals surface area contributed by atoms with Crippen molar-refractivity contribution in [2.75, 3.05) is 77.5 Å². The molecule has 0 aliphatic carbocycles. The molecule has 4 N–H and O–H groups in total. The van der Waals surface area contributed by atoms with Crippen LogP contribution in [0.3, 0.4) is 0 Å². The molecule has 4 bridgehead atoms. The quantitative estimate of drug-likeness (QED) is 0.0648. The van der Waals surface area contributed by atoms with Gasteiger partial charge >= 0.3 is 12.1 Å². The molecule has 3 heterocycles. The summed E-state index contributed by atoms with van der Waals surface area (Å²) in [5, 5.41) is 11.0. The van der Waals surface area contributed by atoms with Crippen molar-refractivity contribution in [2.24, 2.45) is 10.3 Å². The Morgan fingerprint density at radius 1 is 0.861 bits per heavy atom. The van der Waals surface area contributed by atoms with Crippen molar-refractivity contribution in [2.45, 2.75) is 129 Å². The molecule has 0 radical (unpaired) electrons. The number of esters is 1. The summed E-state index contributed by atoms with van der Waals surface area (Å²) < 4.78 is 86.8. The third kappa shape index (κ3) is 21.9. The summed E-state index contributed by atoms with van der Waals surface area (Å²) in [4.78, 5) is 90.0. The van der Waals surface area contributed by atoms with Crippen LogP contribution >= 0.6 is 0 Å². The van der Waals surface area contributed by atoms with Crippen LogP contribution in [0.5, 0.6) is 11.5 Å². The summed E-state index contributed by atoms with van der Waals surface area (Å²) in [6.45, 7) is 15.6. The molecule has 0 spiro atoms. The number of anilines is 2. The Morgan fingerprint density at radius 3 is 2.22 bits per heavy atom. The van der Waals surface area contributed by atoms with E-state index in [4.69, 9.17) is 33.2 Å². The van der Waals surface area contributed by atoms with Gasteiger partial charge in [0.1, 0.15) is 52.3 Å². The average Bonchev–Trinajstić information content (AvgIpc) is 3.85. The van der Waals surface area contributed by atoms with Crippen molar-refractivity contribution in [3.8, 4) is 22.8 Å². The number of aromatic nitrogens is 2. The molecular formula is C54H76F2N8O14S. The highest BCUT2D eigenvalue weighted by atomic mass is 32.2. The first kappa shape index (κ1) is 63.3. The molecule has 5 rings (SSSR count). The van der Waals surface area contributed by atoms with Crippen molar-refractivity contribution in [3.05, 3.63) is 59.8 Å². The highest BCUT2D eigenvalue weighted by molar-refractivity contribution is 7.92. The lowest BCUT2D eigenvalue weighted by atomic mass is 10.0. The first-order chi connectivity index (χ1) is 37.3. The molecule has 1 aromatic heterocycles. The van der Waals surface area contributed by atoms with Crippen molar-refractivity contribution in [1.82, 2.24) is 30.8 Å². The molecule has 0 saturated carbocycles. The van der Waals surface area contributed by atoms with Crippen LogP contribution in [-0.4, -0.2) is 156 Å². The third-order valence-electron chi connectivity index (χ3n) is 11.6. The van der Waals surface area contributed by atoms with E-state index in [1.165, 1.54) is 23.3 Å². The van der Waals surface area contributed by atoms with Crippen LogP contribution in [0.15, 0.2) is 47.0 Å².